The van der Waals surface area contributed by atoms with E-state index in [0.717, 1.165) is 51.7 Å². The molecule has 2 N–H and O–H groups in total. The minimum absolute atomic E-state index is 0.130. The number of nitrogens with zero attached hydrogens (tertiary/aromatic N) is 1. The van der Waals surface area contributed by atoms with Gasteiger partial charge in [-0.3, -0.25) is 14.5 Å². The number of piperidine rings is 1. The van der Waals surface area contributed by atoms with E-state index in [0.29, 0.717) is 12.6 Å². The van der Waals surface area contributed by atoms with E-state index in [-0.39, 0.29) is 17.7 Å². The third kappa shape index (κ3) is 5.30. The maximum absolute atomic E-state index is 12.0. The van der Waals surface area contributed by atoms with Gasteiger partial charge < -0.3 is 10.6 Å². The van der Waals surface area contributed by atoms with Gasteiger partial charge in [0.1, 0.15) is 0 Å². The number of likely N-dealkylation sites (tertiary alicyclic amines) is 1. The highest BCUT2D eigenvalue weighted by Gasteiger charge is 2.26. The molecule has 5 heteroatoms. The Morgan fingerprint density at radius 2 is 1.76 bits per heavy atom. The van der Waals surface area contributed by atoms with Gasteiger partial charge in [0.25, 0.3) is 0 Å². The highest BCUT2D eigenvalue weighted by molar-refractivity contribution is 5.79. The molecule has 120 valence electrons. The van der Waals surface area contributed by atoms with E-state index in [2.05, 4.69) is 22.5 Å². The summed E-state index contributed by atoms with van der Waals surface area (Å²) in [6, 6.07) is 0.398. The predicted octanol–water partition coefficient (Wildman–Crippen LogP) is 1.28. The minimum atomic E-state index is 0.130. The monoisotopic (exact) mass is 295 g/mol. The molecule has 0 aromatic carbocycles. The summed E-state index contributed by atoms with van der Waals surface area (Å²) in [6.45, 7) is 5.01. The summed E-state index contributed by atoms with van der Waals surface area (Å²) >= 11 is 0. The average Bonchev–Trinajstić information content (AvgIpc) is 2.98. The first-order valence-corrected chi connectivity index (χ1v) is 8.48. The maximum atomic E-state index is 12.0. The van der Waals surface area contributed by atoms with Gasteiger partial charge in [-0.2, -0.15) is 0 Å². The van der Waals surface area contributed by atoms with Crippen LogP contribution >= 0.6 is 0 Å². The quantitative estimate of drug-likeness (QED) is 0.776. The van der Waals surface area contributed by atoms with Crippen LogP contribution in [0.3, 0.4) is 0 Å². The number of carbonyl (C=O) groups excluding carboxylic acids is 2. The van der Waals surface area contributed by atoms with Gasteiger partial charge in [-0.25, -0.2) is 0 Å². The van der Waals surface area contributed by atoms with Gasteiger partial charge in [0, 0.05) is 18.5 Å². The SMILES string of the molecule is CCCNC(=O)C1CCN(CC(=O)NC2CCCC2)CC1. The lowest BCUT2D eigenvalue weighted by Crippen LogP contribution is -2.46. The molecule has 2 aliphatic rings. The fourth-order valence-corrected chi connectivity index (χ4v) is 3.29. The summed E-state index contributed by atoms with van der Waals surface area (Å²) in [5.74, 6) is 0.466. The molecule has 21 heavy (non-hydrogen) atoms. The van der Waals surface area contributed by atoms with Crippen molar-refractivity contribution in [2.75, 3.05) is 26.2 Å². The van der Waals surface area contributed by atoms with Gasteiger partial charge in [0.05, 0.1) is 6.54 Å². The number of amides is 2. The Morgan fingerprint density at radius 1 is 1.10 bits per heavy atom. The molecule has 2 fully saturated rings. The second-order valence-electron chi connectivity index (χ2n) is 6.39. The molecule has 0 aromatic heterocycles. The van der Waals surface area contributed by atoms with E-state index in [9.17, 15) is 9.59 Å². The summed E-state index contributed by atoms with van der Waals surface area (Å²) in [5, 5.41) is 6.10. The van der Waals surface area contributed by atoms with Crippen molar-refractivity contribution in [1.29, 1.82) is 0 Å². The summed E-state index contributed by atoms with van der Waals surface area (Å²) in [5.41, 5.74) is 0. The van der Waals surface area contributed by atoms with Gasteiger partial charge >= 0.3 is 0 Å². The molecule has 1 aliphatic carbocycles. The fraction of sp³-hybridized carbons (Fsp3) is 0.875. The lowest BCUT2D eigenvalue weighted by molar-refractivity contribution is -0.126. The van der Waals surface area contributed by atoms with E-state index in [1.54, 1.807) is 0 Å². The highest BCUT2D eigenvalue weighted by atomic mass is 16.2. The second kappa shape index (κ2) is 8.37. The van der Waals surface area contributed by atoms with E-state index in [1.807, 2.05) is 0 Å². The summed E-state index contributed by atoms with van der Waals surface area (Å²) in [6.07, 6.45) is 7.45. The van der Waals surface area contributed by atoms with Crippen LogP contribution in [0, 0.1) is 5.92 Å². The smallest absolute Gasteiger partial charge is 0.234 e. The zero-order chi connectivity index (χ0) is 15.1. The van der Waals surface area contributed by atoms with Crippen LogP contribution in [-0.4, -0.2) is 48.9 Å². The molecule has 0 spiro atoms. The molecule has 0 atom stereocenters. The van der Waals surface area contributed by atoms with Gasteiger partial charge in [0.2, 0.25) is 11.8 Å². The van der Waals surface area contributed by atoms with Crippen molar-refractivity contribution in [3.63, 3.8) is 0 Å². The Bertz CT molecular complexity index is 345. The van der Waals surface area contributed by atoms with E-state index in [1.165, 1.54) is 12.8 Å². The lowest BCUT2D eigenvalue weighted by Gasteiger charge is -2.31. The highest BCUT2D eigenvalue weighted by Crippen LogP contribution is 2.19. The molecule has 0 bridgehead atoms. The Kier molecular flexibility index (Phi) is 6.49. The van der Waals surface area contributed by atoms with Crippen molar-refractivity contribution in [2.45, 2.75) is 57.9 Å². The lowest BCUT2D eigenvalue weighted by atomic mass is 9.96. The van der Waals surface area contributed by atoms with Crippen molar-refractivity contribution in [3.05, 3.63) is 0 Å². The van der Waals surface area contributed by atoms with Crippen molar-refractivity contribution < 1.29 is 9.59 Å². The number of rotatable bonds is 6. The minimum Gasteiger partial charge on any atom is -0.356 e. The average molecular weight is 295 g/mol. The van der Waals surface area contributed by atoms with Crippen LogP contribution in [0.5, 0.6) is 0 Å². The first-order valence-electron chi connectivity index (χ1n) is 8.48. The van der Waals surface area contributed by atoms with Crippen molar-refractivity contribution in [2.24, 2.45) is 5.92 Å². The van der Waals surface area contributed by atoms with E-state index >= 15 is 0 Å². The first kappa shape index (κ1) is 16.3. The predicted molar refractivity (Wildman–Crippen MR) is 82.9 cm³/mol. The number of hydrogen-bond donors (Lipinski definition) is 2. The molecule has 2 rings (SSSR count). The topological polar surface area (TPSA) is 61.4 Å². The van der Waals surface area contributed by atoms with Crippen LogP contribution in [0.1, 0.15) is 51.9 Å². The van der Waals surface area contributed by atoms with Crippen molar-refractivity contribution in [3.8, 4) is 0 Å². The molecular weight excluding hydrogens is 266 g/mol. The number of carbonyl (C=O) groups is 2. The van der Waals surface area contributed by atoms with Crippen molar-refractivity contribution >= 4 is 11.8 Å². The van der Waals surface area contributed by atoms with Gasteiger partial charge in [-0.1, -0.05) is 19.8 Å². The number of hydrogen-bond acceptors (Lipinski definition) is 3. The maximum Gasteiger partial charge on any atom is 0.234 e. The van der Waals surface area contributed by atoms with Crippen molar-refractivity contribution in [1.82, 2.24) is 15.5 Å². The molecule has 2 amide bonds. The zero-order valence-corrected chi connectivity index (χ0v) is 13.2. The molecule has 1 heterocycles. The molecule has 1 aliphatic heterocycles. The Labute approximate surface area is 127 Å². The van der Waals surface area contributed by atoms with Crippen LogP contribution in [-0.2, 0) is 9.59 Å². The molecule has 0 radical (unpaired) electrons. The Balaban J connectivity index is 1.64. The van der Waals surface area contributed by atoms with E-state index < -0.39 is 0 Å². The second-order valence-corrected chi connectivity index (χ2v) is 6.39. The van der Waals surface area contributed by atoms with Crippen LogP contribution in [0.15, 0.2) is 0 Å². The third-order valence-corrected chi connectivity index (χ3v) is 4.60. The standard InChI is InChI=1S/C16H29N3O2/c1-2-9-17-16(21)13-7-10-19(11-8-13)12-15(20)18-14-5-3-4-6-14/h13-14H,2-12H2,1H3,(H,17,21)(H,18,20). The molecule has 1 saturated heterocycles. The van der Waals surface area contributed by atoms with Gasteiger partial charge in [-0.05, 0) is 45.2 Å². The Morgan fingerprint density at radius 3 is 2.38 bits per heavy atom. The molecular formula is C16H29N3O2. The largest absolute Gasteiger partial charge is 0.356 e. The zero-order valence-electron chi connectivity index (χ0n) is 13.2. The van der Waals surface area contributed by atoms with Crippen LogP contribution in [0.4, 0.5) is 0 Å². The third-order valence-electron chi connectivity index (χ3n) is 4.60. The molecule has 0 unspecified atom stereocenters. The van der Waals surface area contributed by atoms with E-state index in [4.69, 9.17) is 0 Å². The van der Waals surface area contributed by atoms with Gasteiger partial charge in [0.15, 0.2) is 0 Å². The summed E-state index contributed by atoms with van der Waals surface area (Å²) < 4.78 is 0. The fourth-order valence-electron chi connectivity index (χ4n) is 3.29. The summed E-state index contributed by atoms with van der Waals surface area (Å²) in [4.78, 5) is 26.1. The number of nitrogens with one attached hydrogen (secondary N) is 2. The molecule has 0 aromatic rings. The van der Waals surface area contributed by atoms with Crippen LogP contribution < -0.4 is 10.6 Å². The molecule has 5 nitrogen and oxygen atoms in total. The van der Waals surface area contributed by atoms with Gasteiger partial charge in [-0.15, -0.1) is 0 Å². The molecule has 1 saturated carbocycles. The Hall–Kier alpha value is -1.10. The van der Waals surface area contributed by atoms with Crippen LogP contribution in [0.2, 0.25) is 0 Å². The normalized spacial score (nSPS) is 21.4. The van der Waals surface area contributed by atoms with Crippen LogP contribution in [0.25, 0.3) is 0 Å². The summed E-state index contributed by atoms with van der Waals surface area (Å²) in [7, 11) is 0. The first-order chi connectivity index (χ1) is 10.2.